The molecule has 0 aliphatic heterocycles. The number of carbonyl (C=O) groups is 2. The molecule has 0 aromatic heterocycles. The summed E-state index contributed by atoms with van der Waals surface area (Å²) in [5, 5.41) is 13.7. The molecule has 0 aliphatic rings. The van der Waals surface area contributed by atoms with Crippen molar-refractivity contribution in [1.82, 2.24) is 5.32 Å². The van der Waals surface area contributed by atoms with Crippen LogP contribution in [0.3, 0.4) is 0 Å². The van der Waals surface area contributed by atoms with Crippen LogP contribution in [0.15, 0.2) is 30.9 Å². The smallest absolute Gasteiger partial charge is 0.338 e. The average Bonchev–Trinajstić information content (AvgIpc) is 2.31. The first kappa shape index (κ1) is 13.7. The van der Waals surface area contributed by atoms with E-state index in [4.69, 9.17) is 5.11 Å². The Morgan fingerprint density at radius 1 is 1.44 bits per heavy atom. The van der Waals surface area contributed by atoms with Crippen LogP contribution in [0.4, 0.5) is 14.9 Å². The lowest BCUT2D eigenvalue weighted by atomic mass is 10.2. The number of carboxylic acids is 1. The van der Waals surface area contributed by atoms with Crippen molar-refractivity contribution in [3.05, 3.63) is 42.2 Å². The van der Waals surface area contributed by atoms with Crippen LogP contribution in [-0.2, 0) is 0 Å². The van der Waals surface area contributed by atoms with Crippen LogP contribution < -0.4 is 10.6 Å². The first-order valence-corrected chi connectivity index (χ1v) is 5.23. The SMILES string of the molecule is C=CCCNC(=O)Nc1ccc(F)c(C(=O)O)c1. The van der Waals surface area contributed by atoms with Gasteiger partial charge in [-0.05, 0) is 24.6 Å². The zero-order valence-corrected chi connectivity index (χ0v) is 9.57. The maximum absolute atomic E-state index is 13.1. The van der Waals surface area contributed by atoms with E-state index in [-0.39, 0.29) is 5.69 Å². The quantitative estimate of drug-likeness (QED) is 0.555. The van der Waals surface area contributed by atoms with Crippen molar-refractivity contribution in [3.63, 3.8) is 0 Å². The molecule has 0 heterocycles. The van der Waals surface area contributed by atoms with Crippen LogP contribution in [0, 0.1) is 5.82 Å². The highest BCUT2D eigenvalue weighted by Crippen LogP contribution is 2.14. The Morgan fingerprint density at radius 2 is 2.17 bits per heavy atom. The Morgan fingerprint density at radius 3 is 2.78 bits per heavy atom. The van der Waals surface area contributed by atoms with E-state index in [9.17, 15) is 14.0 Å². The third-order valence-corrected chi connectivity index (χ3v) is 2.09. The highest BCUT2D eigenvalue weighted by atomic mass is 19.1. The van der Waals surface area contributed by atoms with Crippen LogP contribution >= 0.6 is 0 Å². The van der Waals surface area contributed by atoms with E-state index in [0.717, 1.165) is 12.1 Å². The van der Waals surface area contributed by atoms with Gasteiger partial charge in [-0.15, -0.1) is 6.58 Å². The molecule has 5 nitrogen and oxygen atoms in total. The van der Waals surface area contributed by atoms with Crippen LogP contribution in [0.5, 0.6) is 0 Å². The molecule has 0 saturated heterocycles. The van der Waals surface area contributed by atoms with E-state index in [1.54, 1.807) is 6.08 Å². The Labute approximate surface area is 103 Å². The minimum Gasteiger partial charge on any atom is -0.478 e. The fraction of sp³-hybridized carbons (Fsp3) is 0.167. The number of hydrogen-bond donors (Lipinski definition) is 3. The van der Waals surface area contributed by atoms with Gasteiger partial charge in [0.1, 0.15) is 5.82 Å². The molecule has 6 heteroatoms. The Bertz CT molecular complexity index is 474. The number of benzene rings is 1. The zero-order valence-electron chi connectivity index (χ0n) is 9.57. The van der Waals surface area contributed by atoms with Crippen molar-refractivity contribution in [2.45, 2.75) is 6.42 Å². The van der Waals surface area contributed by atoms with Gasteiger partial charge in [0.05, 0.1) is 5.56 Å². The summed E-state index contributed by atoms with van der Waals surface area (Å²) in [6, 6.07) is 2.85. The van der Waals surface area contributed by atoms with Crippen LogP contribution in [0.2, 0.25) is 0 Å². The van der Waals surface area contributed by atoms with Gasteiger partial charge < -0.3 is 15.7 Å². The number of urea groups is 1. The zero-order chi connectivity index (χ0) is 13.5. The van der Waals surface area contributed by atoms with Crippen LogP contribution in [-0.4, -0.2) is 23.7 Å². The number of carbonyl (C=O) groups excluding carboxylic acids is 1. The fourth-order valence-corrected chi connectivity index (χ4v) is 1.23. The molecule has 0 atom stereocenters. The number of nitrogens with one attached hydrogen (secondary N) is 2. The van der Waals surface area contributed by atoms with Gasteiger partial charge in [0.2, 0.25) is 0 Å². The van der Waals surface area contributed by atoms with Gasteiger partial charge >= 0.3 is 12.0 Å². The Kier molecular flexibility index (Phi) is 4.86. The number of halogens is 1. The minimum atomic E-state index is -1.39. The molecule has 0 bridgehead atoms. The second-order valence-electron chi connectivity index (χ2n) is 3.46. The third-order valence-electron chi connectivity index (χ3n) is 2.09. The normalized spacial score (nSPS) is 9.61. The summed E-state index contributed by atoms with van der Waals surface area (Å²) < 4.78 is 13.1. The highest BCUT2D eigenvalue weighted by molar-refractivity contribution is 5.93. The summed E-state index contributed by atoms with van der Waals surface area (Å²) >= 11 is 0. The third kappa shape index (κ3) is 3.89. The first-order valence-electron chi connectivity index (χ1n) is 5.23. The van der Waals surface area contributed by atoms with E-state index in [1.807, 2.05) is 0 Å². The van der Waals surface area contributed by atoms with Crippen molar-refractivity contribution in [2.75, 3.05) is 11.9 Å². The number of aromatic carboxylic acids is 1. The Balaban J connectivity index is 2.67. The molecule has 18 heavy (non-hydrogen) atoms. The van der Waals surface area contributed by atoms with Crippen LogP contribution in [0.25, 0.3) is 0 Å². The molecule has 0 fully saturated rings. The van der Waals surface area contributed by atoms with Crippen molar-refractivity contribution >= 4 is 17.7 Å². The van der Waals surface area contributed by atoms with Gasteiger partial charge in [0, 0.05) is 12.2 Å². The molecule has 1 aromatic carbocycles. The Hall–Kier alpha value is -2.37. The molecular weight excluding hydrogens is 239 g/mol. The maximum Gasteiger partial charge on any atom is 0.338 e. The molecule has 1 rings (SSSR count). The summed E-state index contributed by atoms with van der Waals surface area (Å²) in [5.74, 6) is -2.23. The predicted octanol–water partition coefficient (Wildman–Crippen LogP) is 2.22. The molecule has 0 saturated carbocycles. The number of hydrogen-bond acceptors (Lipinski definition) is 2. The van der Waals surface area contributed by atoms with Gasteiger partial charge in [-0.2, -0.15) is 0 Å². The largest absolute Gasteiger partial charge is 0.478 e. The van der Waals surface area contributed by atoms with Crippen molar-refractivity contribution < 1.29 is 19.1 Å². The molecule has 0 spiro atoms. The van der Waals surface area contributed by atoms with Gasteiger partial charge in [-0.25, -0.2) is 14.0 Å². The maximum atomic E-state index is 13.1. The molecule has 1 aromatic rings. The number of rotatable bonds is 5. The molecule has 0 unspecified atom stereocenters. The molecule has 2 amide bonds. The lowest BCUT2D eigenvalue weighted by molar-refractivity contribution is 0.0692. The number of amides is 2. The average molecular weight is 252 g/mol. The van der Waals surface area contributed by atoms with E-state index < -0.39 is 23.4 Å². The second kappa shape index (κ2) is 6.39. The van der Waals surface area contributed by atoms with E-state index in [0.29, 0.717) is 13.0 Å². The minimum absolute atomic E-state index is 0.213. The summed E-state index contributed by atoms with van der Waals surface area (Å²) in [4.78, 5) is 22.0. The van der Waals surface area contributed by atoms with Gasteiger partial charge in [0.25, 0.3) is 0 Å². The predicted molar refractivity (Wildman–Crippen MR) is 65.2 cm³/mol. The van der Waals surface area contributed by atoms with E-state index in [2.05, 4.69) is 17.2 Å². The molecule has 96 valence electrons. The number of carboxylic acid groups (broad SMARTS) is 1. The second-order valence-corrected chi connectivity index (χ2v) is 3.46. The number of anilines is 1. The monoisotopic (exact) mass is 252 g/mol. The summed E-state index contributed by atoms with van der Waals surface area (Å²) in [6.45, 7) is 3.92. The van der Waals surface area contributed by atoms with Crippen LogP contribution in [0.1, 0.15) is 16.8 Å². The van der Waals surface area contributed by atoms with Crippen molar-refractivity contribution in [3.8, 4) is 0 Å². The lowest BCUT2D eigenvalue weighted by Gasteiger charge is -2.07. The standard InChI is InChI=1S/C12H13FN2O3/c1-2-3-6-14-12(18)15-8-4-5-10(13)9(7-8)11(16)17/h2,4-5,7H,1,3,6H2,(H,16,17)(H2,14,15,18). The van der Waals surface area contributed by atoms with Crippen molar-refractivity contribution in [2.24, 2.45) is 0 Å². The van der Waals surface area contributed by atoms with Gasteiger partial charge in [0.15, 0.2) is 0 Å². The lowest BCUT2D eigenvalue weighted by Crippen LogP contribution is -2.29. The fourth-order valence-electron chi connectivity index (χ4n) is 1.23. The summed E-state index contributed by atoms with van der Waals surface area (Å²) in [7, 11) is 0. The topological polar surface area (TPSA) is 78.4 Å². The van der Waals surface area contributed by atoms with Gasteiger partial charge in [-0.3, -0.25) is 0 Å². The van der Waals surface area contributed by atoms with E-state index >= 15 is 0 Å². The molecule has 3 N–H and O–H groups in total. The highest BCUT2D eigenvalue weighted by Gasteiger charge is 2.11. The van der Waals surface area contributed by atoms with Crippen molar-refractivity contribution in [1.29, 1.82) is 0 Å². The summed E-state index contributed by atoms with van der Waals surface area (Å²) in [5.41, 5.74) is -0.274. The molecular formula is C12H13FN2O3. The van der Waals surface area contributed by atoms with E-state index in [1.165, 1.54) is 6.07 Å². The summed E-state index contributed by atoms with van der Waals surface area (Å²) in [6.07, 6.45) is 2.28. The molecule has 0 aliphatic carbocycles. The first-order chi connectivity index (χ1) is 8.54. The molecule has 0 radical (unpaired) electrons. The van der Waals surface area contributed by atoms with Gasteiger partial charge in [-0.1, -0.05) is 6.08 Å².